The number of aliphatic hydroxyl groups excluding tert-OH is 1. The highest BCUT2D eigenvalue weighted by Gasteiger charge is 2.27. The normalized spacial score (nSPS) is 20.3. The van der Waals surface area contributed by atoms with Gasteiger partial charge in [-0.3, -0.25) is 15.1 Å². The number of nitro groups is 1. The van der Waals surface area contributed by atoms with E-state index in [1.807, 2.05) is 4.90 Å². The van der Waals surface area contributed by atoms with Crippen molar-refractivity contribution in [3.8, 4) is 0 Å². The third-order valence-electron chi connectivity index (χ3n) is 3.12. The molecular formula is C11H15N3O3. The number of aromatic nitrogens is 1. The Morgan fingerprint density at radius 2 is 2.41 bits per heavy atom. The molecule has 17 heavy (non-hydrogen) atoms. The van der Waals surface area contributed by atoms with Crippen LogP contribution in [0.3, 0.4) is 0 Å². The molecule has 6 heteroatoms. The van der Waals surface area contributed by atoms with Crippen LogP contribution in [0.25, 0.3) is 0 Å². The lowest BCUT2D eigenvalue weighted by Crippen LogP contribution is -2.42. The maximum absolute atomic E-state index is 10.9. The zero-order chi connectivity index (χ0) is 12.3. The van der Waals surface area contributed by atoms with Crippen LogP contribution in [-0.2, 0) is 0 Å². The van der Waals surface area contributed by atoms with E-state index in [0.717, 1.165) is 25.8 Å². The number of anilines is 1. The Kier molecular flexibility index (Phi) is 3.53. The van der Waals surface area contributed by atoms with Gasteiger partial charge in [-0.05, 0) is 25.3 Å². The summed E-state index contributed by atoms with van der Waals surface area (Å²) in [5.74, 6) is 0. The summed E-state index contributed by atoms with van der Waals surface area (Å²) < 4.78 is 0. The molecule has 0 amide bonds. The van der Waals surface area contributed by atoms with Crippen molar-refractivity contribution in [1.29, 1.82) is 0 Å². The summed E-state index contributed by atoms with van der Waals surface area (Å²) in [5.41, 5.74) is 0.566. The van der Waals surface area contributed by atoms with E-state index in [1.54, 1.807) is 12.3 Å². The first-order valence-corrected chi connectivity index (χ1v) is 5.70. The lowest BCUT2D eigenvalue weighted by atomic mass is 10.0. The van der Waals surface area contributed by atoms with Crippen LogP contribution in [-0.4, -0.2) is 34.2 Å². The molecule has 1 unspecified atom stereocenters. The Labute approximate surface area is 99.0 Å². The molecule has 2 heterocycles. The van der Waals surface area contributed by atoms with E-state index in [4.69, 9.17) is 0 Å². The lowest BCUT2D eigenvalue weighted by Gasteiger charge is -2.35. The second kappa shape index (κ2) is 5.09. The summed E-state index contributed by atoms with van der Waals surface area (Å²) in [6, 6.07) is 1.62. The summed E-state index contributed by atoms with van der Waals surface area (Å²) in [7, 11) is 0. The molecule has 1 aromatic heterocycles. The molecule has 0 spiro atoms. The van der Waals surface area contributed by atoms with Gasteiger partial charge in [0.05, 0.1) is 17.6 Å². The molecule has 0 bridgehead atoms. The molecule has 0 saturated carbocycles. The van der Waals surface area contributed by atoms with Crippen molar-refractivity contribution < 1.29 is 10.0 Å². The molecule has 1 saturated heterocycles. The lowest BCUT2D eigenvalue weighted by molar-refractivity contribution is -0.384. The smallest absolute Gasteiger partial charge is 0.310 e. The summed E-state index contributed by atoms with van der Waals surface area (Å²) in [6.45, 7) is 0.773. The molecule has 0 radical (unpaired) electrons. The SMILES string of the molecule is O=[N+]([O-])c1cnccc1N1CCCCC1CO. The second-order valence-electron chi connectivity index (χ2n) is 4.15. The fourth-order valence-electron chi connectivity index (χ4n) is 2.27. The van der Waals surface area contributed by atoms with E-state index in [1.165, 1.54) is 6.20 Å². The predicted octanol–water partition coefficient (Wildman–Crippen LogP) is 1.34. The maximum atomic E-state index is 10.9. The Bertz CT molecular complexity index is 411. The van der Waals surface area contributed by atoms with Crippen molar-refractivity contribution in [2.24, 2.45) is 0 Å². The van der Waals surface area contributed by atoms with Gasteiger partial charge in [-0.25, -0.2) is 0 Å². The molecule has 1 aliphatic heterocycles. The maximum Gasteiger partial charge on any atom is 0.310 e. The number of nitrogens with zero attached hydrogens (tertiary/aromatic N) is 3. The van der Waals surface area contributed by atoms with Gasteiger partial charge in [0.25, 0.3) is 0 Å². The Balaban J connectivity index is 2.34. The minimum atomic E-state index is -0.425. The average molecular weight is 237 g/mol. The van der Waals surface area contributed by atoms with Gasteiger partial charge in [-0.2, -0.15) is 0 Å². The van der Waals surface area contributed by atoms with Gasteiger partial charge >= 0.3 is 5.69 Å². The van der Waals surface area contributed by atoms with Gasteiger partial charge in [-0.15, -0.1) is 0 Å². The fraction of sp³-hybridized carbons (Fsp3) is 0.545. The molecule has 0 aliphatic carbocycles. The van der Waals surface area contributed by atoms with Gasteiger partial charge in [0, 0.05) is 12.7 Å². The number of hydrogen-bond donors (Lipinski definition) is 1. The zero-order valence-electron chi connectivity index (χ0n) is 9.45. The van der Waals surface area contributed by atoms with Crippen molar-refractivity contribution in [2.75, 3.05) is 18.1 Å². The molecule has 6 nitrogen and oxygen atoms in total. The van der Waals surface area contributed by atoms with Crippen LogP contribution in [0.15, 0.2) is 18.5 Å². The van der Waals surface area contributed by atoms with Crippen LogP contribution >= 0.6 is 0 Å². The number of rotatable bonds is 3. The molecular weight excluding hydrogens is 222 g/mol. The van der Waals surface area contributed by atoms with Crippen LogP contribution in [0.2, 0.25) is 0 Å². The van der Waals surface area contributed by atoms with Crippen LogP contribution in [0.4, 0.5) is 11.4 Å². The van der Waals surface area contributed by atoms with Crippen molar-refractivity contribution in [3.63, 3.8) is 0 Å². The van der Waals surface area contributed by atoms with Crippen LogP contribution in [0.1, 0.15) is 19.3 Å². The number of hydrogen-bond acceptors (Lipinski definition) is 5. The minimum Gasteiger partial charge on any atom is -0.394 e. The van der Waals surface area contributed by atoms with Crippen LogP contribution < -0.4 is 4.90 Å². The number of piperidine rings is 1. The molecule has 1 N–H and O–H groups in total. The summed E-state index contributed by atoms with van der Waals surface area (Å²) >= 11 is 0. The van der Waals surface area contributed by atoms with E-state index in [0.29, 0.717) is 5.69 Å². The highest BCUT2D eigenvalue weighted by molar-refractivity contribution is 5.62. The van der Waals surface area contributed by atoms with E-state index in [2.05, 4.69) is 4.98 Å². The molecule has 2 rings (SSSR count). The van der Waals surface area contributed by atoms with E-state index in [-0.39, 0.29) is 18.3 Å². The molecule has 1 aromatic rings. The molecule has 1 aliphatic rings. The highest BCUT2D eigenvalue weighted by atomic mass is 16.6. The highest BCUT2D eigenvalue weighted by Crippen LogP contribution is 2.31. The van der Waals surface area contributed by atoms with Crippen molar-refractivity contribution in [2.45, 2.75) is 25.3 Å². The predicted molar refractivity (Wildman–Crippen MR) is 63.0 cm³/mol. The largest absolute Gasteiger partial charge is 0.394 e. The van der Waals surface area contributed by atoms with Crippen molar-refractivity contribution >= 4 is 11.4 Å². The average Bonchev–Trinajstić information content (AvgIpc) is 2.38. The van der Waals surface area contributed by atoms with Gasteiger partial charge in [0.1, 0.15) is 11.9 Å². The molecule has 92 valence electrons. The van der Waals surface area contributed by atoms with Crippen molar-refractivity contribution in [1.82, 2.24) is 4.98 Å². The Morgan fingerprint density at radius 3 is 3.12 bits per heavy atom. The second-order valence-corrected chi connectivity index (χ2v) is 4.15. The first kappa shape index (κ1) is 11.8. The van der Waals surface area contributed by atoms with Gasteiger partial charge in [0.2, 0.25) is 0 Å². The first-order chi connectivity index (χ1) is 8.24. The molecule has 1 fully saturated rings. The summed E-state index contributed by atoms with van der Waals surface area (Å²) in [5, 5.41) is 20.3. The minimum absolute atomic E-state index is 0.00727. The topological polar surface area (TPSA) is 79.5 Å². The van der Waals surface area contributed by atoms with Crippen LogP contribution in [0, 0.1) is 10.1 Å². The van der Waals surface area contributed by atoms with Gasteiger partial charge in [0.15, 0.2) is 0 Å². The van der Waals surface area contributed by atoms with Gasteiger partial charge in [-0.1, -0.05) is 0 Å². The number of pyridine rings is 1. The first-order valence-electron chi connectivity index (χ1n) is 5.70. The Morgan fingerprint density at radius 1 is 1.59 bits per heavy atom. The van der Waals surface area contributed by atoms with E-state index >= 15 is 0 Å². The molecule has 0 aromatic carbocycles. The molecule has 1 atom stereocenters. The third kappa shape index (κ3) is 2.36. The standard InChI is InChI=1S/C11H15N3O3/c15-8-9-3-1-2-6-13(9)10-4-5-12-7-11(10)14(16)17/h4-5,7,9,15H,1-3,6,8H2. The quantitative estimate of drug-likeness (QED) is 0.634. The monoisotopic (exact) mass is 237 g/mol. The number of aliphatic hydroxyl groups is 1. The Hall–Kier alpha value is -1.69. The summed E-state index contributed by atoms with van der Waals surface area (Å²) in [4.78, 5) is 16.2. The van der Waals surface area contributed by atoms with E-state index in [9.17, 15) is 15.2 Å². The van der Waals surface area contributed by atoms with Crippen LogP contribution in [0.5, 0.6) is 0 Å². The zero-order valence-corrected chi connectivity index (χ0v) is 9.45. The van der Waals surface area contributed by atoms with Crippen molar-refractivity contribution in [3.05, 3.63) is 28.6 Å². The van der Waals surface area contributed by atoms with Gasteiger partial charge < -0.3 is 10.0 Å². The summed E-state index contributed by atoms with van der Waals surface area (Å²) in [6.07, 6.45) is 5.73. The fourth-order valence-corrected chi connectivity index (χ4v) is 2.27. The van der Waals surface area contributed by atoms with E-state index < -0.39 is 4.92 Å². The third-order valence-corrected chi connectivity index (χ3v) is 3.12.